The number of carbonyl (C=O) groups excluding carboxylic acids is 2. The molecule has 3 aliphatic carbocycles. The van der Waals surface area contributed by atoms with Crippen molar-refractivity contribution in [2.75, 3.05) is 5.32 Å². The van der Waals surface area contributed by atoms with E-state index in [-0.39, 0.29) is 23.2 Å². The molecule has 2 amide bonds. The highest BCUT2D eigenvalue weighted by molar-refractivity contribution is 7.17. The molecule has 4 rings (SSSR count). The molecule has 6 nitrogen and oxygen atoms in total. The number of carboxylic acid groups (broad SMARTS) is 1. The van der Waals surface area contributed by atoms with Crippen molar-refractivity contribution < 1.29 is 19.5 Å². The highest BCUT2D eigenvalue weighted by Gasteiger charge is 2.52. The summed E-state index contributed by atoms with van der Waals surface area (Å²) in [6.45, 7) is 6.76. The van der Waals surface area contributed by atoms with Gasteiger partial charge < -0.3 is 16.2 Å². The summed E-state index contributed by atoms with van der Waals surface area (Å²) in [7, 11) is 0. The minimum Gasteiger partial charge on any atom is -0.481 e. The van der Waals surface area contributed by atoms with Crippen LogP contribution in [0.2, 0.25) is 0 Å². The molecule has 0 aliphatic heterocycles. The van der Waals surface area contributed by atoms with Gasteiger partial charge in [0, 0.05) is 4.88 Å². The molecule has 30 heavy (non-hydrogen) atoms. The van der Waals surface area contributed by atoms with Gasteiger partial charge in [-0.3, -0.25) is 14.4 Å². The van der Waals surface area contributed by atoms with E-state index >= 15 is 0 Å². The second-order valence-corrected chi connectivity index (χ2v) is 10.8. The number of primary amides is 1. The number of thiophene rings is 1. The Bertz CT molecular complexity index is 932. The van der Waals surface area contributed by atoms with Crippen LogP contribution in [0, 0.1) is 35.0 Å². The minimum absolute atomic E-state index is 0.0579. The summed E-state index contributed by atoms with van der Waals surface area (Å²) in [5.41, 5.74) is 7.30. The maximum atomic E-state index is 13.1. The summed E-state index contributed by atoms with van der Waals surface area (Å²) in [5, 5.41) is 13.0. The normalized spacial score (nSPS) is 29.6. The Morgan fingerprint density at radius 2 is 1.90 bits per heavy atom. The second-order valence-electron chi connectivity index (χ2n) is 9.68. The maximum Gasteiger partial charge on any atom is 0.307 e. The fraction of sp³-hybridized carbons (Fsp3) is 0.609. The lowest BCUT2D eigenvalue weighted by molar-refractivity contribution is -0.146. The Hall–Kier alpha value is -2.15. The number of hydrogen-bond acceptors (Lipinski definition) is 4. The number of rotatable bonds is 6. The minimum atomic E-state index is -0.933. The summed E-state index contributed by atoms with van der Waals surface area (Å²) >= 11 is 1.44. The average Bonchev–Trinajstić information content (AvgIpc) is 3.39. The fourth-order valence-electron chi connectivity index (χ4n) is 5.60. The van der Waals surface area contributed by atoms with Gasteiger partial charge in [-0.2, -0.15) is 0 Å². The lowest BCUT2D eigenvalue weighted by Gasteiger charge is -2.36. The molecule has 1 aromatic heterocycles. The number of nitrogens with two attached hydrogens (primary N) is 1. The van der Waals surface area contributed by atoms with Crippen LogP contribution in [0.25, 0.3) is 0 Å². The predicted octanol–water partition coefficient (Wildman–Crippen LogP) is 3.85. The van der Waals surface area contributed by atoms with Crippen molar-refractivity contribution in [3.63, 3.8) is 0 Å². The van der Waals surface area contributed by atoms with E-state index in [4.69, 9.17) is 5.73 Å². The Balaban J connectivity index is 1.61. The van der Waals surface area contributed by atoms with E-state index < -0.39 is 23.7 Å². The molecule has 2 bridgehead atoms. The van der Waals surface area contributed by atoms with Gasteiger partial charge in [-0.15, -0.1) is 11.3 Å². The lowest BCUT2D eigenvalue weighted by atomic mass is 9.69. The molecule has 162 valence electrons. The Kier molecular flexibility index (Phi) is 5.29. The van der Waals surface area contributed by atoms with Crippen molar-refractivity contribution in [2.24, 2.45) is 40.7 Å². The number of carboxylic acids is 1. The summed E-state index contributed by atoms with van der Waals surface area (Å²) in [4.78, 5) is 38.3. The summed E-state index contributed by atoms with van der Waals surface area (Å²) < 4.78 is 0. The van der Waals surface area contributed by atoms with Crippen molar-refractivity contribution in [2.45, 2.75) is 52.9 Å². The van der Waals surface area contributed by atoms with Gasteiger partial charge in [0.05, 0.1) is 17.4 Å². The summed E-state index contributed by atoms with van der Waals surface area (Å²) in [6, 6.07) is 0. The van der Waals surface area contributed by atoms with Crippen LogP contribution in [0.3, 0.4) is 0 Å². The Labute approximate surface area is 180 Å². The Morgan fingerprint density at radius 3 is 2.50 bits per heavy atom. The van der Waals surface area contributed by atoms with Crippen LogP contribution in [0.1, 0.15) is 60.8 Å². The van der Waals surface area contributed by atoms with Crippen LogP contribution < -0.4 is 11.1 Å². The zero-order valence-electron chi connectivity index (χ0n) is 17.7. The first kappa shape index (κ1) is 21.1. The number of hydrogen-bond donors (Lipinski definition) is 3. The third kappa shape index (κ3) is 3.37. The second kappa shape index (κ2) is 7.52. The molecule has 0 radical (unpaired) electrons. The van der Waals surface area contributed by atoms with Gasteiger partial charge in [-0.1, -0.05) is 39.3 Å². The largest absolute Gasteiger partial charge is 0.481 e. The van der Waals surface area contributed by atoms with E-state index in [0.717, 1.165) is 36.1 Å². The fourth-order valence-corrected chi connectivity index (χ4v) is 6.94. The third-order valence-corrected chi connectivity index (χ3v) is 8.98. The van der Waals surface area contributed by atoms with E-state index in [2.05, 4.69) is 26.1 Å². The molecule has 5 atom stereocenters. The molecule has 7 heteroatoms. The standard InChI is InChI=1S/C23H30N2O4S/c1-4-23(2,3)13-7-8-14-15(10-13)30-21(18(14)19(24)26)25-20(27)16-11-5-6-12(9-11)17(16)22(28)29/h5-6,11-13,16-17H,4,7-10H2,1-3H3,(H2,24,26)(H,25,27)(H,28,29)/t11-,12+,13+,16+,17+/m1/s1. The molecule has 0 aromatic carbocycles. The molecule has 4 N–H and O–H groups in total. The van der Waals surface area contributed by atoms with Crippen LogP contribution in [0.4, 0.5) is 5.00 Å². The molecular weight excluding hydrogens is 400 g/mol. The van der Waals surface area contributed by atoms with Crippen molar-refractivity contribution in [1.82, 2.24) is 0 Å². The molecule has 3 aliphatic rings. The van der Waals surface area contributed by atoms with Crippen LogP contribution in [-0.2, 0) is 22.4 Å². The highest BCUT2D eigenvalue weighted by Crippen LogP contribution is 2.49. The van der Waals surface area contributed by atoms with Crippen molar-refractivity contribution >= 4 is 34.1 Å². The molecule has 0 unspecified atom stereocenters. The number of nitrogens with one attached hydrogen (secondary N) is 1. The number of amides is 2. The zero-order chi connectivity index (χ0) is 21.8. The number of fused-ring (bicyclic) bond motifs is 3. The van der Waals surface area contributed by atoms with E-state index in [1.165, 1.54) is 11.3 Å². The lowest BCUT2D eigenvalue weighted by Crippen LogP contribution is -2.36. The van der Waals surface area contributed by atoms with Gasteiger partial charge in [0.25, 0.3) is 5.91 Å². The van der Waals surface area contributed by atoms with Gasteiger partial charge in [0.2, 0.25) is 5.91 Å². The van der Waals surface area contributed by atoms with Crippen molar-refractivity contribution in [3.05, 3.63) is 28.2 Å². The van der Waals surface area contributed by atoms with E-state index in [1.54, 1.807) is 0 Å². The quantitative estimate of drug-likeness (QED) is 0.596. The average molecular weight is 431 g/mol. The van der Waals surface area contributed by atoms with Gasteiger partial charge in [0.1, 0.15) is 5.00 Å². The van der Waals surface area contributed by atoms with E-state index in [0.29, 0.717) is 22.9 Å². The predicted molar refractivity (Wildman–Crippen MR) is 116 cm³/mol. The number of carbonyl (C=O) groups is 3. The van der Waals surface area contributed by atoms with Crippen LogP contribution in [0.15, 0.2) is 12.2 Å². The smallest absolute Gasteiger partial charge is 0.307 e. The maximum absolute atomic E-state index is 13.1. The monoisotopic (exact) mass is 430 g/mol. The highest BCUT2D eigenvalue weighted by atomic mass is 32.1. The van der Waals surface area contributed by atoms with Crippen LogP contribution in [0.5, 0.6) is 0 Å². The topological polar surface area (TPSA) is 109 Å². The SMILES string of the molecule is CCC(C)(C)[C@H]1CCc2c(sc(NC(=O)[C@@H]3[C@@H](C(=O)O)[C@H]4C=C[C@@H]3C4)c2C(N)=O)C1. The molecule has 1 saturated carbocycles. The molecule has 0 saturated heterocycles. The van der Waals surface area contributed by atoms with E-state index in [1.807, 2.05) is 12.2 Å². The number of allylic oxidation sites excluding steroid dienone is 2. The number of aliphatic carboxylic acids is 1. The molecular formula is C23H30N2O4S. The van der Waals surface area contributed by atoms with E-state index in [9.17, 15) is 19.5 Å². The molecule has 1 fully saturated rings. The third-order valence-electron chi connectivity index (χ3n) is 7.81. The van der Waals surface area contributed by atoms with Crippen LogP contribution >= 0.6 is 11.3 Å². The molecule has 1 heterocycles. The summed E-state index contributed by atoms with van der Waals surface area (Å²) in [6.07, 6.45) is 8.32. The summed E-state index contributed by atoms with van der Waals surface area (Å²) in [5.74, 6) is -2.72. The zero-order valence-corrected chi connectivity index (χ0v) is 18.6. The van der Waals surface area contributed by atoms with Crippen LogP contribution in [-0.4, -0.2) is 22.9 Å². The first-order chi connectivity index (χ1) is 14.1. The molecule has 0 spiro atoms. The number of anilines is 1. The van der Waals surface area contributed by atoms with Gasteiger partial charge >= 0.3 is 5.97 Å². The van der Waals surface area contributed by atoms with Gasteiger partial charge in [0.15, 0.2) is 0 Å². The van der Waals surface area contributed by atoms with Crippen molar-refractivity contribution in [1.29, 1.82) is 0 Å². The Morgan fingerprint density at radius 1 is 1.23 bits per heavy atom. The first-order valence-corrected chi connectivity index (χ1v) is 11.6. The van der Waals surface area contributed by atoms with Gasteiger partial charge in [-0.25, -0.2) is 0 Å². The first-order valence-electron chi connectivity index (χ1n) is 10.8. The van der Waals surface area contributed by atoms with Gasteiger partial charge in [-0.05, 0) is 54.4 Å². The molecule has 1 aromatic rings. The van der Waals surface area contributed by atoms with Crippen molar-refractivity contribution in [3.8, 4) is 0 Å².